The molecule has 126 valence electrons. The van der Waals surface area contributed by atoms with E-state index < -0.39 is 0 Å². The van der Waals surface area contributed by atoms with Crippen LogP contribution in [0.15, 0.2) is 36.7 Å². The van der Waals surface area contributed by atoms with Gasteiger partial charge >= 0.3 is 0 Å². The molecule has 1 aliphatic heterocycles. The number of pyridine rings is 2. The summed E-state index contributed by atoms with van der Waals surface area (Å²) in [5.74, 6) is 1.37. The first-order chi connectivity index (χ1) is 11.7. The van der Waals surface area contributed by atoms with Crippen LogP contribution in [-0.2, 0) is 4.74 Å². The van der Waals surface area contributed by atoms with E-state index in [1.165, 1.54) is 6.20 Å². The minimum Gasteiger partial charge on any atom is -0.477 e. The molecule has 0 unspecified atom stereocenters. The van der Waals surface area contributed by atoms with Crippen LogP contribution in [-0.4, -0.2) is 35.7 Å². The fraction of sp³-hybridized carbons (Fsp3) is 0.389. The number of anilines is 1. The lowest BCUT2D eigenvalue weighted by atomic mass is 10.0. The van der Waals surface area contributed by atoms with Crippen LogP contribution in [0.5, 0.6) is 5.88 Å². The Labute approximate surface area is 141 Å². The van der Waals surface area contributed by atoms with E-state index >= 15 is 0 Å². The number of aromatic nitrogens is 2. The van der Waals surface area contributed by atoms with Crippen molar-refractivity contribution in [2.24, 2.45) is 5.92 Å². The molecule has 0 radical (unpaired) electrons. The minimum absolute atomic E-state index is 0.236. The number of carbonyl (C=O) groups is 1. The Morgan fingerprint density at radius 1 is 1.29 bits per heavy atom. The van der Waals surface area contributed by atoms with E-state index in [0.29, 0.717) is 29.8 Å². The van der Waals surface area contributed by atoms with Gasteiger partial charge in [0, 0.05) is 31.7 Å². The molecule has 1 aliphatic rings. The molecule has 0 spiro atoms. The number of carbonyl (C=O) groups excluding carboxylic acids is 1. The smallest absolute Gasteiger partial charge is 0.258 e. The molecule has 24 heavy (non-hydrogen) atoms. The summed E-state index contributed by atoms with van der Waals surface area (Å²) in [5, 5.41) is 2.78. The van der Waals surface area contributed by atoms with Crippen molar-refractivity contribution in [3.8, 4) is 5.88 Å². The minimum atomic E-state index is -0.236. The second kappa shape index (κ2) is 7.88. The number of hydrogen-bond donors (Lipinski definition) is 1. The third-order valence-electron chi connectivity index (χ3n) is 4.05. The Bertz CT molecular complexity index is 682. The number of hydrogen-bond acceptors (Lipinski definition) is 5. The van der Waals surface area contributed by atoms with E-state index in [9.17, 15) is 4.79 Å². The molecular weight excluding hydrogens is 306 g/mol. The number of nitrogens with zero attached hydrogens (tertiary/aromatic N) is 2. The van der Waals surface area contributed by atoms with Gasteiger partial charge in [0.25, 0.3) is 5.91 Å². The first kappa shape index (κ1) is 16.4. The quantitative estimate of drug-likeness (QED) is 0.914. The molecule has 0 saturated carbocycles. The van der Waals surface area contributed by atoms with Crippen LogP contribution in [0.25, 0.3) is 0 Å². The maximum atomic E-state index is 12.2. The summed E-state index contributed by atoms with van der Waals surface area (Å²) in [6.07, 6.45) is 5.20. The molecule has 0 aromatic carbocycles. The maximum Gasteiger partial charge on any atom is 0.258 e. The van der Waals surface area contributed by atoms with Crippen molar-refractivity contribution in [3.05, 3.63) is 47.8 Å². The zero-order valence-corrected chi connectivity index (χ0v) is 13.7. The standard InChI is InChI=1S/C18H21N3O3/c1-13-3-2-8-19-17(13)21-18(22)15-4-5-16(20-11-15)24-12-14-6-9-23-10-7-14/h2-5,8,11,14H,6-7,9-10,12H2,1H3,(H,19,21,22). The van der Waals surface area contributed by atoms with Gasteiger partial charge in [-0.2, -0.15) is 0 Å². The summed E-state index contributed by atoms with van der Waals surface area (Å²) in [5.41, 5.74) is 1.38. The highest BCUT2D eigenvalue weighted by Gasteiger charge is 2.15. The Morgan fingerprint density at radius 3 is 2.83 bits per heavy atom. The van der Waals surface area contributed by atoms with E-state index in [1.54, 1.807) is 18.3 Å². The molecule has 3 rings (SSSR count). The van der Waals surface area contributed by atoms with E-state index in [4.69, 9.17) is 9.47 Å². The van der Waals surface area contributed by atoms with Crippen LogP contribution in [0.4, 0.5) is 5.82 Å². The van der Waals surface area contributed by atoms with E-state index in [-0.39, 0.29) is 5.91 Å². The zero-order valence-electron chi connectivity index (χ0n) is 13.7. The second-order valence-electron chi connectivity index (χ2n) is 5.87. The number of nitrogens with one attached hydrogen (secondary N) is 1. The molecule has 6 nitrogen and oxygen atoms in total. The average molecular weight is 327 g/mol. The van der Waals surface area contributed by atoms with Gasteiger partial charge in [0.05, 0.1) is 12.2 Å². The Balaban J connectivity index is 1.55. The molecule has 0 aliphatic carbocycles. The molecule has 1 N–H and O–H groups in total. The van der Waals surface area contributed by atoms with Crippen molar-refractivity contribution < 1.29 is 14.3 Å². The molecule has 1 amide bonds. The number of aryl methyl sites for hydroxylation is 1. The molecule has 1 fully saturated rings. The van der Waals surface area contributed by atoms with Gasteiger partial charge in [-0.15, -0.1) is 0 Å². The van der Waals surface area contributed by atoms with Crippen molar-refractivity contribution >= 4 is 11.7 Å². The molecule has 0 bridgehead atoms. The lowest BCUT2D eigenvalue weighted by molar-refractivity contribution is 0.0490. The maximum absolute atomic E-state index is 12.2. The Morgan fingerprint density at radius 2 is 2.12 bits per heavy atom. The highest BCUT2D eigenvalue weighted by molar-refractivity contribution is 6.03. The summed E-state index contributed by atoms with van der Waals surface area (Å²) >= 11 is 0. The van der Waals surface area contributed by atoms with Gasteiger partial charge in [0.1, 0.15) is 5.82 Å². The molecule has 3 heterocycles. The van der Waals surface area contributed by atoms with Crippen LogP contribution in [0.3, 0.4) is 0 Å². The lowest BCUT2D eigenvalue weighted by Crippen LogP contribution is -2.21. The van der Waals surface area contributed by atoms with E-state index in [0.717, 1.165) is 31.6 Å². The molecule has 2 aromatic heterocycles. The predicted molar refractivity (Wildman–Crippen MR) is 90.2 cm³/mol. The van der Waals surface area contributed by atoms with Crippen molar-refractivity contribution in [2.45, 2.75) is 19.8 Å². The average Bonchev–Trinajstić information content (AvgIpc) is 2.63. The van der Waals surface area contributed by atoms with Crippen LogP contribution in [0.2, 0.25) is 0 Å². The summed E-state index contributed by atoms with van der Waals surface area (Å²) in [7, 11) is 0. The van der Waals surface area contributed by atoms with Crippen LogP contribution in [0.1, 0.15) is 28.8 Å². The lowest BCUT2D eigenvalue weighted by Gasteiger charge is -2.21. The largest absolute Gasteiger partial charge is 0.477 e. The summed E-state index contributed by atoms with van der Waals surface area (Å²) in [6.45, 7) is 4.13. The van der Waals surface area contributed by atoms with Crippen LogP contribution >= 0.6 is 0 Å². The van der Waals surface area contributed by atoms with Gasteiger partial charge < -0.3 is 14.8 Å². The third kappa shape index (κ3) is 4.29. The highest BCUT2D eigenvalue weighted by Crippen LogP contribution is 2.17. The summed E-state index contributed by atoms with van der Waals surface area (Å²) < 4.78 is 11.0. The van der Waals surface area contributed by atoms with Gasteiger partial charge in [-0.25, -0.2) is 9.97 Å². The van der Waals surface area contributed by atoms with Crippen LogP contribution in [0, 0.1) is 12.8 Å². The van der Waals surface area contributed by atoms with Gasteiger partial charge in [0.2, 0.25) is 5.88 Å². The zero-order chi connectivity index (χ0) is 16.8. The van der Waals surface area contributed by atoms with Gasteiger partial charge in [0.15, 0.2) is 0 Å². The molecular formula is C18H21N3O3. The fourth-order valence-electron chi connectivity index (χ4n) is 2.51. The van der Waals surface area contributed by atoms with Crippen molar-refractivity contribution in [1.82, 2.24) is 9.97 Å². The van der Waals surface area contributed by atoms with Gasteiger partial charge in [-0.1, -0.05) is 6.07 Å². The molecule has 1 saturated heterocycles. The summed E-state index contributed by atoms with van der Waals surface area (Å²) in [6, 6.07) is 7.16. The van der Waals surface area contributed by atoms with Crippen molar-refractivity contribution in [1.29, 1.82) is 0 Å². The number of amides is 1. The number of rotatable bonds is 5. The first-order valence-corrected chi connectivity index (χ1v) is 8.12. The predicted octanol–water partition coefficient (Wildman–Crippen LogP) is 2.84. The SMILES string of the molecule is Cc1cccnc1NC(=O)c1ccc(OCC2CCOCC2)nc1. The molecule has 0 atom stereocenters. The van der Waals surface area contributed by atoms with Gasteiger partial charge in [-0.3, -0.25) is 4.79 Å². The molecule has 2 aromatic rings. The highest BCUT2D eigenvalue weighted by atomic mass is 16.5. The topological polar surface area (TPSA) is 73.3 Å². The van der Waals surface area contributed by atoms with Gasteiger partial charge in [-0.05, 0) is 43.4 Å². The normalized spacial score (nSPS) is 15.0. The first-order valence-electron chi connectivity index (χ1n) is 8.12. The molecule has 6 heteroatoms. The van der Waals surface area contributed by atoms with Crippen molar-refractivity contribution in [2.75, 3.05) is 25.1 Å². The van der Waals surface area contributed by atoms with E-state index in [2.05, 4.69) is 15.3 Å². The van der Waals surface area contributed by atoms with Crippen molar-refractivity contribution in [3.63, 3.8) is 0 Å². The number of ether oxygens (including phenoxy) is 2. The second-order valence-corrected chi connectivity index (χ2v) is 5.87. The Kier molecular flexibility index (Phi) is 5.38. The van der Waals surface area contributed by atoms with Crippen LogP contribution < -0.4 is 10.1 Å². The monoisotopic (exact) mass is 327 g/mol. The Hall–Kier alpha value is -2.47. The summed E-state index contributed by atoms with van der Waals surface area (Å²) in [4.78, 5) is 20.6. The third-order valence-corrected chi connectivity index (χ3v) is 4.05. The van der Waals surface area contributed by atoms with E-state index in [1.807, 2.05) is 19.1 Å². The fourth-order valence-corrected chi connectivity index (χ4v) is 2.51.